The smallest absolute Gasteiger partial charge is 0.358 e. The first-order valence-corrected chi connectivity index (χ1v) is 13.4. The summed E-state index contributed by atoms with van der Waals surface area (Å²) in [5, 5.41) is 14.4. The van der Waals surface area contributed by atoms with E-state index in [-0.39, 0.29) is 18.2 Å². The number of carbonyl (C=O) groups excluding carboxylic acids is 1. The van der Waals surface area contributed by atoms with Gasteiger partial charge >= 0.3 is 5.97 Å². The Bertz CT molecular complexity index is 1890. The van der Waals surface area contributed by atoms with Gasteiger partial charge in [0.15, 0.2) is 11.3 Å². The lowest BCUT2D eigenvalue weighted by Crippen LogP contribution is -2.14. The van der Waals surface area contributed by atoms with Gasteiger partial charge in [-0.3, -0.25) is 4.98 Å². The number of hydrogen-bond acceptors (Lipinski definition) is 9. The van der Waals surface area contributed by atoms with Crippen LogP contribution in [0.25, 0.3) is 33.6 Å². The van der Waals surface area contributed by atoms with Crippen LogP contribution >= 0.6 is 0 Å². The molecule has 11 nitrogen and oxygen atoms in total. The number of rotatable bonds is 8. The summed E-state index contributed by atoms with van der Waals surface area (Å²) in [6.45, 7) is 6.62. The van der Waals surface area contributed by atoms with Gasteiger partial charge in [-0.15, -0.1) is 0 Å². The maximum absolute atomic E-state index is 12.2. The minimum atomic E-state index is -0.501. The van der Waals surface area contributed by atoms with E-state index >= 15 is 0 Å². The fourth-order valence-electron chi connectivity index (χ4n) is 4.75. The minimum absolute atomic E-state index is 0.181. The third kappa shape index (κ3) is 4.93. The lowest BCUT2D eigenvalue weighted by molar-refractivity contribution is 0.0519. The summed E-state index contributed by atoms with van der Waals surface area (Å²) in [6, 6.07) is 17.5. The Balaban J connectivity index is 1.39. The Hall–Kier alpha value is -5.32. The van der Waals surface area contributed by atoms with Gasteiger partial charge < -0.3 is 15.8 Å². The Morgan fingerprint density at radius 1 is 1.10 bits per heavy atom. The third-order valence-corrected chi connectivity index (χ3v) is 6.78. The molecule has 4 heterocycles. The number of pyridine rings is 1. The Morgan fingerprint density at radius 3 is 2.78 bits per heavy atom. The number of benzene rings is 2. The van der Waals surface area contributed by atoms with Crippen molar-refractivity contribution < 1.29 is 9.53 Å². The van der Waals surface area contributed by atoms with Crippen molar-refractivity contribution in [3.05, 3.63) is 90.0 Å². The quantitative estimate of drug-likeness (QED) is 0.199. The van der Waals surface area contributed by atoms with E-state index in [1.807, 2.05) is 36.4 Å². The van der Waals surface area contributed by atoms with Crippen LogP contribution in [0, 0.1) is 0 Å². The highest BCUT2D eigenvalue weighted by Gasteiger charge is 2.19. The highest BCUT2D eigenvalue weighted by atomic mass is 16.5. The van der Waals surface area contributed by atoms with Crippen molar-refractivity contribution in [3.63, 3.8) is 0 Å². The van der Waals surface area contributed by atoms with Crippen LogP contribution in [0.2, 0.25) is 0 Å². The molecule has 0 fully saturated rings. The van der Waals surface area contributed by atoms with Crippen LogP contribution < -0.4 is 11.1 Å². The normalized spacial score (nSPS) is 11.4. The van der Waals surface area contributed by atoms with Crippen LogP contribution in [0.3, 0.4) is 0 Å². The summed E-state index contributed by atoms with van der Waals surface area (Å²) < 4.78 is 8.24. The topological polar surface area (TPSA) is 138 Å². The summed E-state index contributed by atoms with van der Waals surface area (Å²) in [5.74, 6) is 0.473. The Labute approximate surface area is 236 Å². The van der Waals surface area contributed by atoms with Gasteiger partial charge in [-0.05, 0) is 48.1 Å². The van der Waals surface area contributed by atoms with Crippen LogP contribution in [0.1, 0.15) is 48.3 Å². The molecule has 11 heteroatoms. The fraction of sp³-hybridized carbons (Fsp3) is 0.200. The molecule has 41 heavy (non-hydrogen) atoms. The van der Waals surface area contributed by atoms with Crippen LogP contribution in [0.4, 0.5) is 11.6 Å². The van der Waals surface area contributed by atoms with Crippen LogP contribution in [-0.4, -0.2) is 46.9 Å². The van der Waals surface area contributed by atoms with Crippen molar-refractivity contribution in [1.29, 1.82) is 0 Å². The summed E-state index contributed by atoms with van der Waals surface area (Å²) in [6.07, 6.45) is 5.24. The molecule has 0 aliphatic carbocycles. The van der Waals surface area contributed by atoms with Gasteiger partial charge in [0.05, 0.1) is 18.5 Å². The molecule has 0 radical (unpaired) electrons. The zero-order valence-corrected chi connectivity index (χ0v) is 22.9. The minimum Gasteiger partial charge on any atom is -0.461 e. The standard InChI is InChI=1S/C30H29N9O2/c1-4-41-28(40)25-12-14-38(37-25)30-35-27-24(18(2)3)17-34-39(27)29(36-30)33-16-20-7-5-6-8-22(20)26-23-10-9-21(31)15-19(23)11-13-32-26/h5-15,17-18H,4,16,31H2,1-3H3,(H,33,35,36). The predicted molar refractivity (Wildman–Crippen MR) is 157 cm³/mol. The lowest BCUT2D eigenvalue weighted by Gasteiger charge is -2.14. The van der Waals surface area contributed by atoms with E-state index in [1.165, 1.54) is 4.68 Å². The molecule has 0 aliphatic rings. The van der Waals surface area contributed by atoms with Gasteiger partial charge in [0, 0.05) is 41.1 Å². The monoisotopic (exact) mass is 547 g/mol. The average molecular weight is 548 g/mol. The van der Waals surface area contributed by atoms with Gasteiger partial charge in [-0.1, -0.05) is 44.2 Å². The molecule has 0 aliphatic heterocycles. The zero-order valence-electron chi connectivity index (χ0n) is 22.9. The van der Waals surface area contributed by atoms with Gasteiger partial charge in [-0.25, -0.2) is 9.48 Å². The summed E-state index contributed by atoms with van der Waals surface area (Å²) in [7, 11) is 0. The fourth-order valence-corrected chi connectivity index (χ4v) is 4.75. The van der Waals surface area contributed by atoms with Gasteiger partial charge in [0.2, 0.25) is 5.95 Å². The number of hydrogen-bond donors (Lipinski definition) is 2. The van der Waals surface area contributed by atoms with Gasteiger partial charge in [0.25, 0.3) is 5.95 Å². The Morgan fingerprint density at radius 2 is 1.95 bits per heavy atom. The summed E-state index contributed by atoms with van der Waals surface area (Å²) in [4.78, 5) is 26.4. The average Bonchev–Trinajstić information content (AvgIpc) is 3.64. The molecular weight excluding hydrogens is 518 g/mol. The molecule has 0 amide bonds. The number of nitrogens with one attached hydrogen (secondary N) is 1. The number of nitrogens with zero attached hydrogens (tertiary/aromatic N) is 7. The van der Waals surface area contributed by atoms with E-state index in [0.717, 1.165) is 33.2 Å². The number of nitrogen functional groups attached to an aromatic ring is 1. The number of esters is 1. The van der Waals surface area contributed by atoms with E-state index in [0.29, 0.717) is 29.8 Å². The molecule has 0 bridgehead atoms. The van der Waals surface area contributed by atoms with Crippen molar-refractivity contribution in [1.82, 2.24) is 34.3 Å². The van der Waals surface area contributed by atoms with Crippen molar-refractivity contribution in [2.45, 2.75) is 33.2 Å². The van der Waals surface area contributed by atoms with Crippen LogP contribution in [0.5, 0.6) is 0 Å². The highest BCUT2D eigenvalue weighted by molar-refractivity contribution is 5.96. The maximum atomic E-state index is 12.2. The molecule has 206 valence electrons. The molecule has 3 N–H and O–H groups in total. The first-order chi connectivity index (χ1) is 19.9. The Kier molecular flexibility index (Phi) is 6.76. The van der Waals surface area contributed by atoms with E-state index in [2.05, 4.69) is 41.5 Å². The van der Waals surface area contributed by atoms with E-state index in [4.69, 9.17) is 25.4 Å². The first kappa shape index (κ1) is 25.9. The molecule has 2 aromatic carbocycles. The SMILES string of the molecule is CCOC(=O)c1ccn(-c2nc(NCc3ccccc3-c3nccc4cc(N)ccc34)n3ncc(C(C)C)c3n2)n1. The van der Waals surface area contributed by atoms with Crippen molar-refractivity contribution >= 4 is 34.0 Å². The molecule has 0 atom stereocenters. The van der Waals surface area contributed by atoms with Gasteiger partial charge in [0.1, 0.15) is 0 Å². The summed E-state index contributed by atoms with van der Waals surface area (Å²) >= 11 is 0. The first-order valence-electron chi connectivity index (χ1n) is 13.4. The largest absolute Gasteiger partial charge is 0.461 e. The zero-order chi connectivity index (χ0) is 28.5. The van der Waals surface area contributed by atoms with Crippen LogP contribution in [-0.2, 0) is 11.3 Å². The number of nitrogens with two attached hydrogens (primary N) is 1. The second-order valence-electron chi connectivity index (χ2n) is 9.85. The van der Waals surface area contributed by atoms with Crippen molar-refractivity contribution in [2.24, 2.45) is 0 Å². The summed E-state index contributed by atoms with van der Waals surface area (Å²) in [5.41, 5.74) is 11.4. The molecule has 0 unspecified atom stereocenters. The second kappa shape index (κ2) is 10.7. The third-order valence-electron chi connectivity index (χ3n) is 6.78. The number of fused-ring (bicyclic) bond motifs is 2. The van der Waals surface area contributed by atoms with Crippen molar-refractivity contribution in [3.8, 4) is 17.2 Å². The lowest BCUT2D eigenvalue weighted by atomic mass is 9.99. The van der Waals surface area contributed by atoms with Gasteiger partial charge in [-0.2, -0.15) is 24.7 Å². The molecule has 6 aromatic rings. The molecular formula is C30H29N9O2. The predicted octanol–water partition coefficient (Wildman–Crippen LogP) is 5.02. The highest BCUT2D eigenvalue weighted by Crippen LogP contribution is 2.31. The van der Waals surface area contributed by atoms with E-state index < -0.39 is 5.97 Å². The second-order valence-corrected chi connectivity index (χ2v) is 9.85. The number of aromatic nitrogens is 7. The van der Waals surface area contributed by atoms with Crippen LogP contribution in [0.15, 0.2) is 73.2 Å². The number of ether oxygens (including phenoxy) is 1. The van der Waals surface area contributed by atoms with E-state index in [1.54, 1.807) is 36.1 Å². The number of carbonyl (C=O) groups is 1. The molecule has 6 rings (SSSR count). The number of anilines is 2. The van der Waals surface area contributed by atoms with E-state index in [9.17, 15) is 4.79 Å². The maximum Gasteiger partial charge on any atom is 0.358 e. The molecule has 0 saturated heterocycles. The molecule has 4 aromatic heterocycles. The molecule has 0 spiro atoms. The molecule has 0 saturated carbocycles. The van der Waals surface area contributed by atoms with Crippen molar-refractivity contribution in [2.75, 3.05) is 17.7 Å².